The molecule has 0 aromatic rings. The molecule has 5 fully saturated rings. The van der Waals surface area contributed by atoms with E-state index in [1.807, 2.05) is 4.90 Å². The van der Waals surface area contributed by atoms with E-state index in [1.165, 1.54) is 51.4 Å². The minimum atomic E-state index is -0.0601. The highest BCUT2D eigenvalue weighted by atomic mass is 16.6. The molecule has 4 aliphatic carbocycles. The summed E-state index contributed by atoms with van der Waals surface area (Å²) in [5, 5.41) is 3.30. The Balaban J connectivity index is 1.18. The fraction of sp³-hybridized carbons (Fsp3) is 0.955. The summed E-state index contributed by atoms with van der Waals surface area (Å²) in [6.45, 7) is 3.39. The molecule has 4 heteroatoms. The van der Waals surface area contributed by atoms with E-state index >= 15 is 0 Å². The van der Waals surface area contributed by atoms with E-state index in [-0.39, 0.29) is 12.2 Å². The smallest absolute Gasteiger partial charge is 0.410 e. The average molecular weight is 361 g/mol. The van der Waals surface area contributed by atoms with Gasteiger partial charge in [0.05, 0.1) is 0 Å². The highest BCUT2D eigenvalue weighted by Gasteiger charge is 2.49. The number of carbonyl (C=O) groups excluding carboxylic acids is 1. The van der Waals surface area contributed by atoms with Crippen LogP contribution in [-0.4, -0.2) is 43.3 Å². The van der Waals surface area contributed by atoms with Gasteiger partial charge < -0.3 is 15.0 Å². The van der Waals surface area contributed by atoms with Crippen LogP contribution in [0.1, 0.15) is 64.2 Å². The van der Waals surface area contributed by atoms with Gasteiger partial charge in [0.25, 0.3) is 0 Å². The van der Waals surface area contributed by atoms with Gasteiger partial charge in [0.15, 0.2) is 0 Å². The van der Waals surface area contributed by atoms with Crippen molar-refractivity contribution in [3.05, 3.63) is 0 Å². The van der Waals surface area contributed by atoms with Crippen molar-refractivity contribution < 1.29 is 9.53 Å². The zero-order valence-corrected chi connectivity index (χ0v) is 16.2. The molecule has 5 aliphatic rings. The van der Waals surface area contributed by atoms with Crippen molar-refractivity contribution in [3.63, 3.8) is 0 Å². The summed E-state index contributed by atoms with van der Waals surface area (Å²) in [6, 6.07) is 0. The van der Waals surface area contributed by atoms with Crippen LogP contribution in [0.4, 0.5) is 4.79 Å². The lowest BCUT2D eigenvalue weighted by molar-refractivity contribution is -0.0530. The Hall–Kier alpha value is -0.770. The lowest BCUT2D eigenvalue weighted by atomic mass is 9.53. The van der Waals surface area contributed by atoms with Crippen molar-refractivity contribution >= 4 is 6.09 Å². The lowest BCUT2D eigenvalue weighted by Gasteiger charge is -2.52. The Bertz CT molecular complexity index is 518. The van der Waals surface area contributed by atoms with Crippen LogP contribution in [0.3, 0.4) is 0 Å². The molecule has 0 bridgehead atoms. The molecule has 0 spiro atoms. The van der Waals surface area contributed by atoms with Crippen LogP contribution < -0.4 is 5.32 Å². The van der Waals surface area contributed by atoms with Gasteiger partial charge in [-0.15, -0.1) is 0 Å². The fourth-order valence-corrected chi connectivity index (χ4v) is 7.60. The number of hydrogen-bond donors (Lipinski definition) is 1. The Morgan fingerprint density at radius 3 is 2.27 bits per heavy atom. The van der Waals surface area contributed by atoms with Gasteiger partial charge in [0.2, 0.25) is 0 Å². The molecule has 1 amide bonds. The van der Waals surface area contributed by atoms with E-state index < -0.39 is 0 Å². The first kappa shape index (κ1) is 17.3. The summed E-state index contributed by atoms with van der Waals surface area (Å²) in [5.41, 5.74) is 0. The molecule has 26 heavy (non-hydrogen) atoms. The number of ether oxygens (including phenoxy) is 1. The van der Waals surface area contributed by atoms with Crippen LogP contribution >= 0.6 is 0 Å². The van der Waals surface area contributed by atoms with Gasteiger partial charge >= 0.3 is 6.09 Å². The van der Waals surface area contributed by atoms with E-state index in [4.69, 9.17) is 4.74 Å². The second-order valence-corrected chi connectivity index (χ2v) is 9.82. The molecule has 7 atom stereocenters. The monoisotopic (exact) mass is 360 g/mol. The van der Waals surface area contributed by atoms with Gasteiger partial charge in [-0.05, 0) is 86.9 Å². The first-order valence-corrected chi connectivity index (χ1v) is 11.5. The zero-order valence-electron chi connectivity index (χ0n) is 16.2. The van der Waals surface area contributed by atoms with Gasteiger partial charge in [0.1, 0.15) is 6.10 Å². The topological polar surface area (TPSA) is 41.6 Å². The van der Waals surface area contributed by atoms with Crippen LogP contribution in [0.5, 0.6) is 0 Å². The summed E-state index contributed by atoms with van der Waals surface area (Å²) < 4.78 is 5.94. The Morgan fingerprint density at radius 1 is 0.769 bits per heavy atom. The molecule has 1 aliphatic heterocycles. The summed E-state index contributed by atoms with van der Waals surface area (Å²) in [5.74, 6) is 5.94. The van der Waals surface area contributed by atoms with E-state index in [1.54, 1.807) is 0 Å². The van der Waals surface area contributed by atoms with Crippen molar-refractivity contribution in [2.24, 2.45) is 35.5 Å². The summed E-state index contributed by atoms with van der Waals surface area (Å²) in [7, 11) is 0. The number of carbonyl (C=O) groups is 1. The number of hydrogen-bond acceptors (Lipinski definition) is 3. The van der Waals surface area contributed by atoms with Crippen LogP contribution in [0.2, 0.25) is 0 Å². The maximum Gasteiger partial charge on any atom is 0.410 e. The second-order valence-electron chi connectivity index (χ2n) is 9.82. The number of nitrogens with one attached hydrogen (secondary N) is 1. The Kier molecular flexibility index (Phi) is 4.89. The molecule has 4 nitrogen and oxygen atoms in total. The predicted octanol–water partition coefficient (Wildman–Crippen LogP) is 4.05. The van der Waals surface area contributed by atoms with Gasteiger partial charge in [0, 0.05) is 26.2 Å². The third-order valence-electron chi connectivity index (χ3n) is 8.75. The largest absolute Gasteiger partial charge is 0.446 e. The summed E-state index contributed by atoms with van der Waals surface area (Å²) in [4.78, 5) is 14.3. The average Bonchev–Trinajstić information content (AvgIpc) is 3.17. The third-order valence-corrected chi connectivity index (χ3v) is 8.75. The number of fused-ring (bicyclic) bond motifs is 5. The van der Waals surface area contributed by atoms with Crippen molar-refractivity contribution in [1.29, 1.82) is 0 Å². The van der Waals surface area contributed by atoms with Crippen LogP contribution in [0.15, 0.2) is 0 Å². The minimum Gasteiger partial charge on any atom is -0.446 e. The van der Waals surface area contributed by atoms with E-state index in [2.05, 4.69) is 5.32 Å². The molecule has 7 unspecified atom stereocenters. The summed E-state index contributed by atoms with van der Waals surface area (Å²) >= 11 is 0. The van der Waals surface area contributed by atoms with Gasteiger partial charge in [-0.2, -0.15) is 0 Å². The maximum atomic E-state index is 12.5. The number of rotatable bonds is 1. The third kappa shape index (κ3) is 3.16. The fourth-order valence-electron chi connectivity index (χ4n) is 7.60. The van der Waals surface area contributed by atoms with Gasteiger partial charge in [-0.3, -0.25) is 0 Å². The first-order chi connectivity index (χ1) is 12.8. The van der Waals surface area contributed by atoms with Gasteiger partial charge in [-0.1, -0.05) is 12.8 Å². The number of piperazine rings is 1. The minimum absolute atomic E-state index is 0.0601. The van der Waals surface area contributed by atoms with Crippen LogP contribution in [0.25, 0.3) is 0 Å². The molecule has 0 aromatic carbocycles. The molecule has 5 rings (SSSR count). The zero-order chi connectivity index (χ0) is 17.5. The molecule has 0 aromatic heterocycles. The number of nitrogens with zero attached hydrogens (tertiary/aromatic N) is 1. The standard InChI is InChI=1S/C22H36N2O2/c25-22(24-12-10-23-11-13-24)26-17-6-9-19-16(14-17)5-8-20-18-3-1-2-15(18)4-7-21(19)20/h15-21,23H,1-14H2. The van der Waals surface area contributed by atoms with Crippen molar-refractivity contribution in [3.8, 4) is 0 Å². The highest BCUT2D eigenvalue weighted by molar-refractivity contribution is 5.68. The van der Waals surface area contributed by atoms with Crippen LogP contribution in [-0.2, 0) is 4.74 Å². The van der Waals surface area contributed by atoms with Gasteiger partial charge in [-0.25, -0.2) is 4.79 Å². The molecular formula is C22H36N2O2. The predicted molar refractivity (Wildman–Crippen MR) is 102 cm³/mol. The normalized spacial score (nSPS) is 45.4. The molecule has 146 valence electrons. The Morgan fingerprint density at radius 2 is 1.46 bits per heavy atom. The molecule has 0 radical (unpaired) electrons. The second kappa shape index (κ2) is 7.33. The highest BCUT2D eigenvalue weighted by Crippen LogP contribution is 2.57. The number of amides is 1. The summed E-state index contributed by atoms with van der Waals surface area (Å²) in [6.07, 6.45) is 14.1. The first-order valence-electron chi connectivity index (χ1n) is 11.5. The molecule has 1 heterocycles. The van der Waals surface area contributed by atoms with Crippen molar-refractivity contribution in [2.45, 2.75) is 70.3 Å². The lowest BCUT2D eigenvalue weighted by Crippen LogP contribution is -2.49. The molecular weight excluding hydrogens is 324 g/mol. The van der Waals surface area contributed by atoms with E-state index in [0.29, 0.717) is 0 Å². The van der Waals surface area contributed by atoms with Crippen molar-refractivity contribution in [1.82, 2.24) is 10.2 Å². The molecule has 1 N–H and O–H groups in total. The van der Waals surface area contributed by atoms with E-state index in [0.717, 1.165) is 74.5 Å². The van der Waals surface area contributed by atoms with Crippen molar-refractivity contribution in [2.75, 3.05) is 26.2 Å². The SMILES string of the molecule is O=C(OC1CCC2C(CCC3C4CCCC4CCC23)C1)N1CCNCC1. The molecule has 4 saturated carbocycles. The molecule has 1 saturated heterocycles. The Labute approximate surface area is 158 Å². The van der Waals surface area contributed by atoms with Crippen LogP contribution in [0, 0.1) is 35.5 Å². The maximum absolute atomic E-state index is 12.5. The quantitative estimate of drug-likeness (QED) is 0.767. The van der Waals surface area contributed by atoms with E-state index in [9.17, 15) is 4.79 Å².